The molecular formula is C27H39NO5. The van der Waals surface area contributed by atoms with Gasteiger partial charge in [-0.2, -0.15) is 0 Å². The number of aliphatic hydroxyl groups is 1. The van der Waals surface area contributed by atoms with Crippen molar-refractivity contribution in [3.8, 4) is 11.5 Å². The average Bonchev–Trinajstić information content (AvgIpc) is 2.76. The SMILES string of the molecule is COc1ccccc1OCCN(C)C[C@@H](C)[C@@H]1CC[C@@H](C)[C@]2(O)[C][C@@H](OC(C)=O)C(C)=C[C@H]12. The fourth-order valence-corrected chi connectivity index (χ4v) is 5.38. The Labute approximate surface area is 198 Å². The Bertz CT molecular complexity index is 840. The first-order valence-electron chi connectivity index (χ1n) is 12.0. The van der Waals surface area contributed by atoms with Crippen LogP contribution in [0.3, 0.4) is 0 Å². The van der Waals surface area contributed by atoms with Crippen LogP contribution in [0.4, 0.5) is 0 Å². The first-order chi connectivity index (χ1) is 15.7. The van der Waals surface area contributed by atoms with E-state index in [1.165, 1.54) is 6.92 Å². The molecule has 0 amide bonds. The molecule has 1 N–H and O–H groups in total. The number of benzene rings is 1. The topological polar surface area (TPSA) is 68.2 Å². The predicted molar refractivity (Wildman–Crippen MR) is 128 cm³/mol. The molecule has 6 heteroatoms. The number of esters is 1. The summed E-state index contributed by atoms with van der Waals surface area (Å²) >= 11 is 0. The van der Waals surface area contributed by atoms with E-state index in [1.54, 1.807) is 7.11 Å². The first kappa shape index (κ1) is 25.6. The lowest BCUT2D eigenvalue weighted by atomic mass is 9.57. The van der Waals surface area contributed by atoms with E-state index in [0.29, 0.717) is 18.4 Å². The van der Waals surface area contributed by atoms with Crippen LogP contribution in [0.2, 0.25) is 0 Å². The van der Waals surface area contributed by atoms with Crippen LogP contribution >= 0.6 is 0 Å². The smallest absolute Gasteiger partial charge is 0.303 e. The van der Waals surface area contributed by atoms with E-state index >= 15 is 0 Å². The van der Waals surface area contributed by atoms with Gasteiger partial charge < -0.3 is 24.2 Å². The molecule has 33 heavy (non-hydrogen) atoms. The van der Waals surface area contributed by atoms with Crippen molar-refractivity contribution in [2.24, 2.45) is 23.7 Å². The van der Waals surface area contributed by atoms with Gasteiger partial charge in [0.2, 0.25) is 0 Å². The minimum atomic E-state index is -1.08. The molecule has 1 fully saturated rings. The van der Waals surface area contributed by atoms with E-state index in [1.807, 2.05) is 31.2 Å². The monoisotopic (exact) mass is 457 g/mol. The van der Waals surface area contributed by atoms with Crippen LogP contribution in [0.5, 0.6) is 11.5 Å². The summed E-state index contributed by atoms with van der Waals surface area (Å²) in [5.41, 5.74) is -0.132. The Morgan fingerprint density at radius 2 is 2.00 bits per heavy atom. The van der Waals surface area contributed by atoms with Crippen LogP contribution in [0, 0.1) is 30.1 Å². The molecular weight excluding hydrogens is 418 g/mol. The highest BCUT2D eigenvalue weighted by Gasteiger charge is 2.53. The van der Waals surface area contributed by atoms with Crippen molar-refractivity contribution in [3.05, 3.63) is 42.3 Å². The molecule has 0 heterocycles. The summed E-state index contributed by atoms with van der Waals surface area (Å²) in [5, 5.41) is 11.6. The summed E-state index contributed by atoms with van der Waals surface area (Å²) in [6, 6.07) is 7.68. The third kappa shape index (κ3) is 5.90. The summed E-state index contributed by atoms with van der Waals surface area (Å²) in [5.74, 6) is 1.88. The maximum atomic E-state index is 11.6. The highest BCUT2D eigenvalue weighted by molar-refractivity contribution is 5.66. The second-order valence-corrected chi connectivity index (χ2v) is 9.78. The Balaban J connectivity index is 1.61. The summed E-state index contributed by atoms with van der Waals surface area (Å²) in [6.45, 7) is 9.96. The number of para-hydroxylation sites is 2. The van der Waals surface area contributed by atoms with Crippen molar-refractivity contribution in [1.29, 1.82) is 0 Å². The molecule has 2 radical (unpaired) electrons. The van der Waals surface area contributed by atoms with Crippen molar-refractivity contribution in [1.82, 2.24) is 4.90 Å². The molecule has 0 aromatic heterocycles. The molecule has 0 aliphatic heterocycles. The zero-order valence-electron chi connectivity index (χ0n) is 20.8. The van der Waals surface area contributed by atoms with Gasteiger partial charge in [0.05, 0.1) is 19.1 Å². The zero-order valence-corrected chi connectivity index (χ0v) is 20.8. The van der Waals surface area contributed by atoms with Gasteiger partial charge in [-0.15, -0.1) is 0 Å². The lowest BCUT2D eigenvalue weighted by Gasteiger charge is -2.52. The summed E-state index contributed by atoms with van der Waals surface area (Å²) in [6.07, 6.45) is 6.81. The van der Waals surface area contributed by atoms with E-state index in [2.05, 4.69) is 38.3 Å². The molecule has 3 rings (SSSR count). The zero-order chi connectivity index (χ0) is 24.2. The maximum Gasteiger partial charge on any atom is 0.303 e. The second kappa shape index (κ2) is 10.9. The number of hydrogen-bond donors (Lipinski definition) is 1. The fraction of sp³-hybridized carbons (Fsp3) is 0.630. The van der Waals surface area contributed by atoms with Crippen molar-refractivity contribution < 1.29 is 24.1 Å². The number of likely N-dealkylation sites (N-methyl/N-ethyl adjacent to an activating group) is 1. The Morgan fingerprint density at radius 3 is 2.67 bits per heavy atom. The number of fused-ring (bicyclic) bond motifs is 1. The van der Waals surface area contributed by atoms with Crippen molar-refractivity contribution in [2.75, 3.05) is 33.9 Å². The Hall–Kier alpha value is -2.05. The molecule has 0 spiro atoms. The fourth-order valence-electron chi connectivity index (χ4n) is 5.38. The number of hydrogen-bond acceptors (Lipinski definition) is 6. The van der Waals surface area contributed by atoms with Crippen LogP contribution in [-0.4, -0.2) is 61.5 Å². The average molecular weight is 458 g/mol. The number of nitrogens with zero attached hydrogens (tertiary/aromatic N) is 1. The molecule has 1 aromatic carbocycles. The number of ether oxygens (including phenoxy) is 3. The minimum Gasteiger partial charge on any atom is -0.493 e. The lowest BCUT2D eigenvalue weighted by molar-refractivity contribution is -0.148. The standard InChI is InChI=1S/C27H39NO5/c1-18-15-23-22(12-11-20(3)27(23,30)16-26(18)33-21(4)29)19(2)17-28(5)13-14-32-25-10-8-7-9-24(25)31-6/h7-10,15,19-20,22-23,26,30H,11-14,17H2,1-6H3/t19-,20-,22+,23-,26-,27-/m1/s1. The van der Waals surface area contributed by atoms with Crippen molar-refractivity contribution >= 4 is 5.97 Å². The van der Waals surface area contributed by atoms with Gasteiger partial charge in [0.1, 0.15) is 12.7 Å². The van der Waals surface area contributed by atoms with E-state index in [0.717, 1.165) is 43.0 Å². The van der Waals surface area contributed by atoms with Crippen LogP contribution in [0.25, 0.3) is 0 Å². The molecule has 182 valence electrons. The van der Waals surface area contributed by atoms with E-state index in [4.69, 9.17) is 14.2 Å². The molecule has 2 aliphatic carbocycles. The number of methoxy groups -OCH3 is 1. The van der Waals surface area contributed by atoms with Gasteiger partial charge in [-0.05, 0) is 62.3 Å². The predicted octanol–water partition coefficient (Wildman–Crippen LogP) is 4.01. The molecule has 6 nitrogen and oxygen atoms in total. The van der Waals surface area contributed by atoms with E-state index in [-0.39, 0.29) is 17.8 Å². The minimum absolute atomic E-state index is 0.0266. The van der Waals surface area contributed by atoms with Crippen LogP contribution < -0.4 is 9.47 Å². The number of carbonyl (C=O) groups is 1. The molecule has 1 aromatic rings. The van der Waals surface area contributed by atoms with Crippen LogP contribution in [0.1, 0.15) is 40.5 Å². The van der Waals surface area contributed by atoms with Gasteiger partial charge >= 0.3 is 5.97 Å². The molecule has 2 aliphatic rings. The molecule has 0 unspecified atom stereocenters. The largest absolute Gasteiger partial charge is 0.493 e. The van der Waals surface area contributed by atoms with Crippen molar-refractivity contribution in [3.63, 3.8) is 0 Å². The van der Waals surface area contributed by atoms with Gasteiger partial charge in [0, 0.05) is 25.9 Å². The Kier molecular flexibility index (Phi) is 8.46. The van der Waals surface area contributed by atoms with Gasteiger partial charge in [-0.1, -0.05) is 32.1 Å². The maximum absolute atomic E-state index is 11.6. The van der Waals surface area contributed by atoms with E-state index < -0.39 is 11.7 Å². The summed E-state index contributed by atoms with van der Waals surface area (Å²) < 4.78 is 16.7. The van der Waals surface area contributed by atoms with Gasteiger partial charge in [0.25, 0.3) is 0 Å². The normalized spacial score (nSPS) is 30.2. The molecule has 0 bridgehead atoms. The highest BCUT2D eigenvalue weighted by atomic mass is 16.5. The first-order valence-corrected chi connectivity index (χ1v) is 12.0. The van der Waals surface area contributed by atoms with Crippen LogP contribution in [-0.2, 0) is 9.53 Å². The quantitative estimate of drug-likeness (QED) is 0.446. The highest BCUT2D eigenvalue weighted by Crippen LogP contribution is 2.50. The van der Waals surface area contributed by atoms with Gasteiger partial charge in [-0.3, -0.25) is 4.79 Å². The molecule has 1 saturated carbocycles. The second-order valence-electron chi connectivity index (χ2n) is 9.78. The van der Waals surface area contributed by atoms with Gasteiger partial charge in [0.15, 0.2) is 11.5 Å². The van der Waals surface area contributed by atoms with E-state index in [9.17, 15) is 9.90 Å². The van der Waals surface area contributed by atoms with Crippen LogP contribution in [0.15, 0.2) is 35.9 Å². The summed E-state index contributed by atoms with van der Waals surface area (Å²) in [4.78, 5) is 13.8. The number of rotatable bonds is 9. The van der Waals surface area contributed by atoms with Crippen molar-refractivity contribution in [2.45, 2.75) is 52.2 Å². The summed E-state index contributed by atoms with van der Waals surface area (Å²) in [7, 11) is 3.75. The van der Waals surface area contributed by atoms with Gasteiger partial charge in [-0.25, -0.2) is 0 Å². The molecule has 0 saturated heterocycles. The number of carbonyl (C=O) groups excluding carboxylic acids is 1. The lowest BCUT2D eigenvalue weighted by Crippen LogP contribution is -2.56. The third-order valence-corrected chi connectivity index (χ3v) is 7.29. The third-order valence-electron chi connectivity index (χ3n) is 7.29. The Morgan fingerprint density at radius 1 is 1.30 bits per heavy atom. The molecule has 6 atom stereocenters.